The van der Waals surface area contributed by atoms with Gasteiger partial charge in [0.15, 0.2) is 11.4 Å². The lowest BCUT2D eigenvalue weighted by molar-refractivity contribution is -0.134. The molecule has 1 aliphatic rings. The molecule has 0 aliphatic heterocycles. The second-order valence-electron chi connectivity index (χ2n) is 5.42. The number of benzene rings is 1. The highest BCUT2D eigenvalue weighted by Gasteiger charge is 2.41. The van der Waals surface area contributed by atoms with Gasteiger partial charge in [-0.3, -0.25) is 4.79 Å². The van der Waals surface area contributed by atoms with Crippen LogP contribution in [0.2, 0.25) is 0 Å². The standard InChI is InChI=1S/C16H20O3/c1-11(2)8-9-16(18)13-7-5-4-6-12(13)14(19-3)10-15(16)17/h4-7,10-11,18H,8-9H2,1-3H3. The third kappa shape index (κ3) is 2.43. The lowest BCUT2D eigenvalue weighted by atomic mass is 9.77. The summed E-state index contributed by atoms with van der Waals surface area (Å²) >= 11 is 0. The first kappa shape index (κ1) is 13.8. The van der Waals surface area contributed by atoms with Gasteiger partial charge in [0.25, 0.3) is 0 Å². The summed E-state index contributed by atoms with van der Waals surface area (Å²) < 4.78 is 5.24. The molecule has 2 rings (SSSR count). The van der Waals surface area contributed by atoms with Crippen molar-refractivity contribution in [3.63, 3.8) is 0 Å². The second kappa shape index (κ2) is 5.17. The highest BCUT2D eigenvalue weighted by atomic mass is 16.5. The molecule has 0 bridgehead atoms. The average molecular weight is 260 g/mol. The van der Waals surface area contributed by atoms with Crippen LogP contribution in [0.4, 0.5) is 0 Å². The summed E-state index contributed by atoms with van der Waals surface area (Å²) in [5.41, 5.74) is 0.0407. The van der Waals surface area contributed by atoms with Crippen LogP contribution in [0, 0.1) is 5.92 Å². The maximum atomic E-state index is 12.3. The van der Waals surface area contributed by atoms with Crippen LogP contribution in [-0.2, 0) is 15.1 Å². The van der Waals surface area contributed by atoms with Gasteiger partial charge in [0.2, 0.25) is 0 Å². The Labute approximate surface area is 113 Å². The highest BCUT2D eigenvalue weighted by Crippen LogP contribution is 2.39. The van der Waals surface area contributed by atoms with Gasteiger partial charge in [0, 0.05) is 17.2 Å². The van der Waals surface area contributed by atoms with E-state index in [0.29, 0.717) is 23.7 Å². The van der Waals surface area contributed by atoms with Crippen molar-refractivity contribution in [2.45, 2.75) is 32.3 Å². The lowest BCUT2D eigenvalue weighted by Crippen LogP contribution is -2.38. The molecule has 1 aromatic carbocycles. The van der Waals surface area contributed by atoms with Crippen molar-refractivity contribution >= 4 is 11.5 Å². The van der Waals surface area contributed by atoms with Crippen LogP contribution in [0.25, 0.3) is 5.76 Å². The number of hydrogen-bond acceptors (Lipinski definition) is 3. The zero-order valence-corrected chi connectivity index (χ0v) is 11.6. The number of hydrogen-bond donors (Lipinski definition) is 1. The third-order valence-electron chi connectivity index (χ3n) is 3.61. The Kier molecular flexibility index (Phi) is 3.76. The van der Waals surface area contributed by atoms with E-state index >= 15 is 0 Å². The smallest absolute Gasteiger partial charge is 0.195 e. The van der Waals surface area contributed by atoms with E-state index in [0.717, 1.165) is 12.0 Å². The monoisotopic (exact) mass is 260 g/mol. The minimum absolute atomic E-state index is 0.288. The van der Waals surface area contributed by atoms with E-state index in [1.165, 1.54) is 13.2 Å². The fourth-order valence-electron chi connectivity index (χ4n) is 2.43. The van der Waals surface area contributed by atoms with Gasteiger partial charge in [-0.15, -0.1) is 0 Å². The van der Waals surface area contributed by atoms with Gasteiger partial charge in [-0.1, -0.05) is 38.1 Å². The fourth-order valence-corrected chi connectivity index (χ4v) is 2.43. The highest BCUT2D eigenvalue weighted by molar-refractivity contribution is 6.05. The molecule has 1 unspecified atom stereocenters. The van der Waals surface area contributed by atoms with Gasteiger partial charge in [0.1, 0.15) is 5.76 Å². The second-order valence-corrected chi connectivity index (χ2v) is 5.42. The minimum atomic E-state index is -1.41. The Balaban J connectivity index is 2.46. The number of fused-ring (bicyclic) bond motifs is 1. The molecule has 0 spiro atoms. The number of carbonyl (C=O) groups is 1. The van der Waals surface area contributed by atoms with E-state index in [9.17, 15) is 9.90 Å². The van der Waals surface area contributed by atoms with Gasteiger partial charge in [-0.05, 0) is 18.8 Å². The number of ether oxygens (including phenoxy) is 1. The molecule has 1 atom stereocenters. The molecule has 102 valence electrons. The topological polar surface area (TPSA) is 46.5 Å². The van der Waals surface area contributed by atoms with Crippen molar-refractivity contribution in [2.75, 3.05) is 7.11 Å². The number of rotatable bonds is 4. The van der Waals surface area contributed by atoms with Crippen molar-refractivity contribution in [1.29, 1.82) is 0 Å². The Bertz CT molecular complexity index is 516. The summed E-state index contributed by atoms with van der Waals surface area (Å²) in [6.07, 6.45) is 2.64. The fraction of sp³-hybridized carbons (Fsp3) is 0.438. The molecular formula is C16H20O3. The molecule has 0 saturated carbocycles. The Morgan fingerprint density at radius 2 is 2.00 bits per heavy atom. The van der Waals surface area contributed by atoms with Crippen molar-refractivity contribution < 1.29 is 14.6 Å². The first-order chi connectivity index (χ1) is 8.99. The number of methoxy groups -OCH3 is 1. The Morgan fingerprint density at radius 3 is 2.63 bits per heavy atom. The molecule has 0 amide bonds. The van der Waals surface area contributed by atoms with Gasteiger partial charge in [-0.2, -0.15) is 0 Å². The number of carbonyl (C=O) groups excluding carboxylic acids is 1. The molecule has 1 aromatic rings. The van der Waals surface area contributed by atoms with Crippen LogP contribution in [-0.4, -0.2) is 18.0 Å². The maximum Gasteiger partial charge on any atom is 0.195 e. The minimum Gasteiger partial charge on any atom is -0.496 e. The average Bonchev–Trinajstić information content (AvgIpc) is 2.41. The van der Waals surface area contributed by atoms with Crippen LogP contribution in [0.3, 0.4) is 0 Å². The van der Waals surface area contributed by atoms with Crippen LogP contribution in [0.5, 0.6) is 0 Å². The van der Waals surface area contributed by atoms with Crippen molar-refractivity contribution in [2.24, 2.45) is 5.92 Å². The molecule has 0 fully saturated rings. The molecule has 1 aliphatic carbocycles. The predicted octanol–water partition coefficient (Wildman–Crippen LogP) is 2.88. The van der Waals surface area contributed by atoms with Crippen LogP contribution >= 0.6 is 0 Å². The van der Waals surface area contributed by atoms with Gasteiger partial charge in [0.05, 0.1) is 7.11 Å². The molecule has 0 saturated heterocycles. The van der Waals surface area contributed by atoms with E-state index in [1.807, 2.05) is 18.2 Å². The molecule has 0 radical (unpaired) electrons. The normalized spacial score (nSPS) is 22.2. The molecule has 1 N–H and O–H groups in total. The summed E-state index contributed by atoms with van der Waals surface area (Å²) in [6, 6.07) is 7.40. The van der Waals surface area contributed by atoms with Gasteiger partial charge >= 0.3 is 0 Å². The summed E-state index contributed by atoms with van der Waals surface area (Å²) in [7, 11) is 1.54. The van der Waals surface area contributed by atoms with E-state index in [-0.39, 0.29) is 5.78 Å². The molecule has 19 heavy (non-hydrogen) atoms. The van der Waals surface area contributed by atoms with Crippen molar-refractivity contribution in [3.8, 4) is 0 Å². The largest absolute Gasteiger partial charge is 0.496 e. The van der Waals surface area contributed by atoms with E-state index in [2.05, 4.69) is 13.8 Å². The lowest BCUT2D eigenvalue weighted by Gasteiger charge is -2.32. The molecule has 0 aromatic heterocycles. The summed E-state index contributed by atoms with van der Waals surface area (Å²) in [5, 5.41) is 10.8. The predicted molar refractivity (Wildman–Crippen MR) is 74.4 cm³/mol. The number of aliphatic hydroxyl groups is 1. The quantitative estimate of drug-likeness (QED) is 0.905. The van der Waals surface area contributed by atoms with Gasteiger partial charge < -0.3 is 9.84 Å². The maximum absolute atomic E-state index is 12.3. The zero-order chi connectivity index (χ0) is 14.0. The summed E-state index contributed by atoms with van der Waals surface area (Å²) in [4.78, 5) is 12.3. The molecule has 3 nitrogen and oxygen atoms in total. The van der Waals surface area contributed by atoms with E-state index < -0.39 is 5.60 Å². The number of ketones is 1. The first-order valence-electron chi connectivity index (χ1n) is 6.61. The van der Waals surface area contributed by atoms with Crippen molar-refractivity contribution in [3.05, 3.63) is 41.5 Å². The SMILES string of the molecule is COC1=CC(=O)C(O)(CCC(C)C)c2ccccc21. The van der Waals surface area contributed by atoms with Crippen molar-refractivity contribution in [1.82, 2.24) is 0 Å². The molecular weight excluding hydrogens is 240 g/mol. The van der Waals surface area contributed by atoms with Crippen LogP contribution in [0.15, 0.2) is 30.3 Å². The van der Waals surface area contributed by atoms with Crippen LogP contribution in [0.1, 0.15) is 37.8 Å². The van der Waals surface area contributed by atoms with E-state index in [1.54, 1.807) is 6.07 Å². The van der Waals surface area contributed by atoms with E-state index in [4.69, 9.17) is 4.74 Å². The first-order valence-corrected chi connectivity index (χ1v) is 6.61. The van der Waals surface area contributed by atoms with Gasteiger partial charge in [-0.25, -0.2) is 0 Å². The Morgan fingerprint density at radius 1 is 1.32 bits per heavy atom. The molecule has 0 heterocycles. The summed E-state index contributed by atoms with van der Waals surface area (Å²) in [6.45, 7) is 4.16. The Hall–Kier alpha value is -1.61. The third-order valence-corrected chi connectivity index (χ3v) is 3.61. The van der Waals surface area contributed by atoms with Crippen LogP contribution < -0.4 is 0 Å². The molecule has 3 heteroatoms. The summed E-state index contributed by atoms with van der Waals surface area (Å²) in [5.74, 6) is 0.676. The zero-order valence-electron chi connectivity index (χ0n) is 11.6.